The van der Waals surface area contributed by atoms with Crippen molar-refractivity contribution in [2.75, 3.05) is 26.7 Å². The molecule has 2 aliphatic rings. The molecule has 0 unspecified atom stereocenters. The Hall–Kier alpha value is -2.97. The molecule has 7 nitrogen and oxygen atoms in total. The fourth-order valence-corrected chi connectivity index (χ4v) is 4.79. The van der Waals surface area contributed by atoms with Crippen LogP contribution in [-0.2, 0) is 11.3 Å². The highest BCUT2D eigenvalue weighted by Gasteiger charge is 2.41. The van der Waals surface area contributed by atoms with Crippen molar-refractivity contribution in [3.8, 4) is 5.75 Å². The molecule has 33 heavy (non-hydrogen) atoms. The maximum absolute atomic E-state index is 13.5. The molecule has 0 saturated carbocycles. The molecule has 0 radical (unpaired) electrons. The molecule has 2 aromatic rings. The van der Waals surface area contributed by atoms with Crippen LogP contribution in [0, 0.1) is 5.82 Å². The summed E-state index contributed by atoms with van der Waals surface area (Å²) in [5.74, 6) is 0.0263. The van der Waals surface area contributed by atoms with E-state index in [0.717, 1.165) is 11.3 Å². The molecular weight excluding hydrogens is 425 g/mol. The number of likely N-dealkylation sites (tertiary alicyclic amines) is 2. The molecule has 2 aliphatic heterocycles. The van der Waals surface area contributed by atoms with E-state index in [1.807, 2.05) is 24.3 Å². The van der Waals surface area contributed by atoms with Gasteiger partial charge in [0.25, 0.3) is 5.91 Å². The maximum atomic E-state index is 13.5. The molecular formula is C25H30FN3O4. The number of rotatable bonds is 6. The zero-order chi connectivity index (χ0) is 23.4. The van der Waals surface area contributed by atoms with E-state index in [1.54, 1.807) is 18.1 Å². The van der Waals surface area contributed by atoms with Gasteiger partial charge in [0, 0.05) is 37.8 Å². The number of halogens is 1. The quantitative estimate of drug-likeness (QED) is 0.698. The fourth-order valence-electron chi connectivity index (χ4n) is 4.79. The van der Waals surface area contributed by atoms with E-state index in [1.165, 1.54) is 18.2 Å². The molecule has 2 heterocycles. The van der Waals surface area contributed by atoms with E-state index >= 15 is 0 Å². The highest BCUT2D eigenvalue weighted by atomic mass is 19.1. The second-order valence-corrected chi connectivity index (χ2v) is 8.71. The van der Waals surface area contributed by atoms with E-state index in [4.69, 9.17) is 4.74 Å². The monoisotopic (exact) mass is 455 g/mol. The van der Waals surface area contributed by atoms with Crippen LogP contribution < -0.4 is 10.1 Å². The third kappa shape index (κ3) is 5.51. The van der Waals surface area contributed by atoms with Gasteiger partial charge in [-0.15, -0.1) is 0 Å². The first kappa shape index (κ1) is 23.2. The second kappa shape index (κ2) is 10.3. The maximum Gasteiger partial charge on any atom is 0.253 e. The number of aliphatic hydroxyl groups excluding tert-OH is 1. The average Bonchev–Trinajstić information content (AvgIpc) is 3.24. The summed E-state index contributed by atoms with van der Waals surface area (Å²) in [5, 5.41) is 13.3. The van der Waals surface area contributed by atoms with Crippen LogP contribution >= 0.6 is 0 Å². The van der Waals surface area contributed by atoms with Crippen LogP contribution in [0.4, 0.5) is 4.39 Å². The van der Waals surface area contributed by atoms with Gasteiger partial charge in [0.05, 0.1) is 19.3 Å². The number of benzene rings is 2. The summed E-state index contributed by atoms with van der Waals surface area (Å²) in [6, 6.07) is 13.0. The van der Waals surface area contributed by atoms with Crippen molar-refractivity contribution in [3.05, 3.63) is 65.5 Å². The molecule has 0 spiro atoms. The number of aliphatic hydroxyl groups is 1. The van der Waals surface area contributed by atoms with Crippen LogP contribution in [0.5, 0.6) is 5.75 Å². The van der Waals surface area contributed by atoms with Gasteiger partial charge in [-0.3, -0.25) is 14.5 Å². The van der Waals surface area contributed by atoms with Crippen LogP contribution in [0.25, 0.3) is 0 Å². The molecule has 0 bridgehead atoms. The van der Waals surface area contributed by atoms with E-state index in [9.17, 15) is 19.1 Å². The van der Waals surface area contributed by atoms with Gasteiger partial charge in [-0.25, -0.2) is 4.39 Å². The number of ether oxygens (including phenoxy) is 1. The Bertz CT molecular complexity index is 993. The lowest BCUT2D eigenvalue weighted by atomic mass is 10.0. The number of carbonyl (C=O) groups is 2. The highest BCUT2D eigenvalue weighted by molar-refractivity contribution is 5.94. The molecule has 0 aliphatic carbocycles. The standard InChI is InChI=1S/C25H30FN3O4/c1-33-22-7-2-4-17(12-22)15-27-24(31)23-14-21(30)16-29(23)20-8-10-28(11-9-20)25(32)18-5-3-6-19(26)13-18/h2-7,12-13,20-21,23,30H,8-11,14-16H2,1H3,(H,27,31)/t21-,23+/m1/s1. The van der Waals surface area contributed by atoms with Crippen molar-refractivity contribution in [1.82, 2.24) is 15.1 Å². The Balaban J connectivity index is 1.34. The minimum absolute atomic E-state index is 0.103. The molecule has 2 N–H and O–H groups in total. The molecule has 2 amide bonds. The fraction of sp³-hybridized carbons (Fsp3) is 0.440. The van der Waals surface area contributed by atoms with Gasteiger partial charge in [-0.1, -0.05) is 18.2 Å². The van der Waals surface area contributed by atoms with Gasteiger partial charge >= 0.3 is 0 Å². The summed E-state index contributed by atoms with van der Waals surface area (Å²) >= 11 is 0. The van der Waals surface area contributed by atoms with E-state index < -0.39 is 18.0 Å². The Morgan fingerprint density at radius 2 is 1.91 bits per heavy atom. The highest BCUT2D eigenvalue weighted by Crippen LogP contribution is 2.27. The van der Waals surface area contributed by atoms with Gasteiger partial charge in [0.15, 0.2) is 0 Å². The average molecular weight is 456 g/mol. The number of hydrogen-bond acceptors (Lipinski definition) is 5. The van der Waals surface area contributed by atoms with Crippen molar-refractivity contribution in [3.63, 3.8) is 0 Å². The summed E-state index contributed by atoms with van der Waals surface area (Å²) < 4.78 is 18.7. The molecule has 2 atom stereocenters. The largest absolute Gasteiger partial charge is 0.497 e. The van der Waals surface area contributed by atoms with Crippen molar-refractivity contribution in [1.29, 1.82) is 0 Å². The summed E-state index contributed by atoms with van der Waals surface area (Å²) in [5.41, 5.74) is 1.29. The topological polar surface area (TPSA) is 82.1 Å². The summed E-state index contributed by atoms with van der Waals surface area (Å²) in [6.07, 6.45) is 1.25. The Morgan fingerprint density at radius 1 is 1.15 bits per heavy atom. The number of carbonyl (C=O) groups excluding carboxylic acids is 2. The Kier molecular flexibility index (Phi) is 7.25. The minimum atomic E-state index is -0.551. The lowest BCUT2D eigenvalue weighted by molar-refractivity contribution is -0.126. The number of amides is 2. The number of piperidine rings is 1. The van der Waals surface area contributed by atoms with Crippen molar-refractivity contribution < 1.29 is 23.8 Å². The van der Waals surface area contributed by atoms with Gasteiger partial charge in [-0.05, 0) is 55.2 Å². The molecule has 176 valence electrons. The van der Waals surface area contributed by atoms with Crippen LogP contribution in [0.2, 0.25) is 0 Å². The minimum Gasteiger partial charge on any atom is -0.497 e. The van der Waals surface area contributed by atoms with Gasteiger partial charge in [0.2, 0.25) is 5.91 Å². The summed E-state index contributed by atoms with van der Waals surface area (Å²) in [4.78, 5) is 29.5. The van der Waals surface area contributed by atoms with Crippen molar-refractivity contribution in [2.24, 2.45) is 0 Å². The first-order valence-corrected chi connectivity index (χ1v) is 11.3. The number of nitrogens with zero attached hydrogens (tertiary/aromatic N) is 2. The zero-order valence-corrected chi connectivity index (χ0v) is 18.7. The Morgan fingerprint density at radius 3 is 2.64 bits per heavy atom. The number of methoxy groups -OCH3 is 1. The zero-order valence-electron chi connectivity index (χ0n) is 18.7. The molecule has 2 saturated heterocycles. The van der Waals surface area contributed by atoms with Crippen LogP contribution in [0.15, 0.2) is 48.5 Å². The predicted molar refractivity (Wildman–Crippen MR) is 121 cm³/mol. The summed E-state index contributed by atoms with van der Waals surface area (Å²) in [6.45, 7) is 1.90. The third-order valence-electron chi connectivity index (χ3n) is 6.51. The lowest BCUT2D eigenvalue weighted by Gasteiger charge is -2.39. The van der Waals surface area contributed by atoms with Crippen LogP contribution in [0.3, 0.4) is 0 Å². The molecule has 2 aromatic carbocycles. The predicted octanol–water partition coefficient (Wildman–Crippen LogP) is 2.19. The number of β-amino-alcohol motifs (C(OH)–C–C–N with tert-alkyl or cyclic N) is 1. The molecule has 0 aromatic heterocycles. The van der Waals surface area contributed by atoms with Crippen LogP contribution in [0.1, 0.15) is 35.2 Å². The lowest BCUT2D eigenvalue weighted by Crippen LogP contribution is -2.52. The van der Waals surface area contributed by atoms with E-state index in [0.29, 0.717) is 51.0 Å². The van der Waals surface area contributed by atoms with E-state index in [-0.39, 0.29) is 17.9 Å². The number of nitrogens with one attached hydrogen (secondary N) is 1. The Labute approximate surface area is 193 Å². The smallest absolute Gasteiger partial charge is 0.253 e. The first-order valence-electron chi connectivity index (χ1n) is 11.3. The normalized spacial score (nSPS) is 21.7. The number of hydrogen-bond donors (Lipinski definition) is 2. The SMILES string of the molecule is COc1cccc(CNC(=O)[C@@H]2C[C@@H](O)CN2C2CCN(C(=O)c3cccc(F)c3)CC2)c1. The van der Waals surface area contributed by atoms with Gasteiger partial charge in [-0.2, -0.15) is 0 Å². The molecule has 4 rings (SSSR count). The molecule has 8 heteroatoms. The molecule has 2 fully saturated rings. The van der Waals surface area contributed by atoms with E-state index in [2.05, 4.69) is 10.2 Å². The van der Waals surface area contributed by atoms with Crippen molar-refractivity contribution >= 4 is 11.8 Å². The van der Waals surface area contributed by atoms with Gasteiger partial charge < -0.3 is 20.1 Å². The van der Waals surface area contributed by atoms with Crippen molar-refractivity contribution in [2.45, 2.75) is 44.0 Å². The summed E-state index contributed by atoms with van der Waals surface area (Å²) in [7, 11) is 1.60. The second-order valence-electron chi connectivity index (χ2n) is 8.71. The third-order valence-corrected chi connectivity index (χ3v) is 6.51. The van der Waals surface area contributed by atoms with Gasteiger partial charge in [0.1, 0.15) is 11.6 Å². The van der Waals surface area contributed by atoms with Crippen LogP contribution in [-0.4, -0.2) is 71.7 Å². The first-order chi connectivity index (χ1) is 15.9.